The minimum Gasteiger partial charge on any atom is -0.393 e. The molecule has 0 aliphatic rings. The maximum atomic E-state index is 11.6. The van der Waals surface area contributed by atoms with Crippen LogP contribution in [0.15, 0.2) is 6.33 Å². The van der Waals surface area contributed by atoms with Crippen molar-refractivity contribution in [1.82, 2.24) is 15.3 Å². The lowest BCUT2D eigenvalue weighted by atomic mass is 10.1. The molecule has 18 heavy (non-hydrogen) atoms. The molecule has 1 rings (SSSR count). The monoisotopic (exact) mass is 271 g/mol. The van der Waals surface area contributed by atoms with Gasteiger partial charge < -0.3 is 16.4 Å². The van der Waals surface area contributed by atoms with Crippen molar-refractivity contribution >= 4 is 29.0 Å². The van der Waals surface area contributed by atoms with Crippen LogP contribution in [0.1, 0.15) is 27.2 Å². The number of rotatable bonds is 4. The number of carbonyl (C=O) groups is 1. The van der Waals surface area contributed by atoms with Crippen molar-refractivity contribution in [1.29, 1.82) is 0 Å². The average Bonchev–Trinajstić information content (AvgIpc) is 2.21. The summed E-state index contributed by atoms with van der Waals surface area (Å²) in [5.74, 6) is 0.410. The number of nitrogens with one attached hydrogen (secondary N) is 2. The SMILES string of the molecule is CC(C)(C)NC(=O)CCNc1ncnc(Cl)c1N. The van der Waals surface area contributed by atoms with Gasteiger partial charge in [0.25, 0.3) is 0 Å². The van der Waals surface area contributed by atoms with Crippen LogP contribution in [0.5, 0.6) is 0 Å². The Morgan fingerprint density at radius 1 is 1.44 bits per heavy atom. The fourth-order valence-corrected chi connectivity index (χ4v) is 1.42. The highest BCUT2D eigenvalue weighted by molar-refractivity contribution is 6.32. The second-order valence-electron chi connectivity index (χ2n) is 4.90. The van der Waals surface area contributed by atoms with Crippen LogP contribution in [0.3, 0.4) is 0 Å². The summed E-state index contributed by atoms with van der Waals surface area (Å²) in [6.45, 7) is 6.22. The second kappa shape index (κ2) is 5.86. The number of aromatic nitrogens is 2. The normalized spacial score (nSPS) is 11.1. The Hall–Kier alpha value is -1.56. The number of hydrogen-bond acceptors (Lipinski definition) is 5. The summed E-state index contributed by atoms with van der Waals surface area (Å²) < 4.78 is 0. The zero-order valence-corrected chi connectivity index (χ0v) is 11.5. The number of nitrogen functional groups attached to an aromatic ring is 1. The Kier molecular flexibility index (Phi) is 4.72. The molecule has 0 saturated carbocycles. The molecule has 1 aromatic rings. The lowest BCUT2D eigenvalue weighted by Gasteiger charge is -2.20. The average molecular weight is 272 g/mol. The third kappa shape index (κ3) is 4.75. The molecule has 1 heterocycles. The van der Waals surface area contributed by atoms with Gasteiger partial charge in [-0.05, 0) is 20.8 Å². The summed E-state index contributed by atoms with van der Waals surface area (Å²) in [4.78, 5) is 19.2. The van der Waals surface area contributed by atoms with Crippen molar-refractivity contribution in [2.75, 3.05) is 17.6 Å². The fraction of sp³-hybridized carbons (Fsp3) is 0.545. The van der Waals surface area contributed by atoms with Gasteiger partial charge in [0.2, 0.25) is 5.91 Å². The van der Waals surface area contributed by atoms with E-state index in [-0.39, 0.29) is 22.3 Å². The third-order valence-corrected chi connectivity index (χ3v) is 2.30. The van der Waals surface area contributed by atoms with Crippen LogP contribution in [-0.2, 0) is 4.79 Å². The molecule has 0 fully saturated rings. The molecule has 0 aromatic carbocycles. The number of hydrogen-bond donors (Lipinski definition) is 3. The summed E-state index contributed by atoms with van der Waals surface area (Å²) in [5, 5.41) is 6.01. The van der Waals surface area contributed by atoms with E-state index >= 15 is 0 Å². The van der Waals surface area contributed by atoms with Gasteiger partial charge in [-0.15, -0.1) is 0 Å². The van der Waals surface area contributed by atoms with Crippen molar-refractivity contribution in [3.8, 4) is 0 Å². The summed E-state index contributed by atoms with van der Waals surface area (Å²) >= 11 is 5.75. The number of nitrogens with zero attached hydrogens (tertiary/aromatic N) is 2. The molecule has 100 valence electrons. The van der Waals surface area contributed by atoms with Crippen LogP contribution in [0, 0.1) is 0 Å². The minimum atomic E-state index is -0.228. The third-order valence-electron chi connectivity index (χ3n) is 1.99. The van der Waals surface area contributed by atoms with Crippen molar-refractivity contribution < 1.29 is 4.79 Å². The van der Waals surface area contributed by atoms with Crippen LogP contribution >= 0.6 is 11.6 Å². The van der Waals surface area contributed by atoms with Gasteiger partial charge >= 0.3 is 0 Å². The van der Waals surface area contributed by atoms with Gasteiger partial charge in [-0.1, -0.05) is 11.6 Å². The second-order valence-corrected chi connectivity index (χ2v) is 5.26. The van der Waals surface area contributed by atoms with Gasteiger partial charge in [0, 0.05) is 18.5 Å². The Labute approximate surface area is 111 Å². The summed E-state index contributed by atoms with van der Waals surface area (Å²) in [5.41, 5.74) is 5.74. The maximum Gasteiger partial charge on any atom is 0.222 e. The molecule has 0 aliphatic carbocycles. The first-order valence-corrected chi connectivity index (χ1v) is 5.98. The molecule has 7 heteroatoms. The van der Waals surface area contributed by atoms with E-state index in [0.717, 1.165) is 0 Å². The Morgan fingerprint density at radius 3 is 2.72 bits per heavy atom. The Morgan fingerprint density at radius 2 is 2.11 bits per heavy atom. The molecular formula is C11H18ClN5O. The first-order chi connectivity index (χ1) is 8.29. The number of anilines is 2. The molecule has 0 aliphatic heterocycles. The van der Waals surface area contributed by atoms with E-state index < -0.39 is 0 Å². The van der Waals surface area contributed by atoms with Gasteiger partial charge in [-0.3, -0.25) is 4.79 Å². The van der Waals surface area contributed by atoms with E-state index in [4.69, 9.17) is 17.3 Å². The summed E-state index contributed by atoms with van der Waals surface area (Å²) in [7, 11) is 0. The number of nitrogens with two attached hydrogens (primary N) is 1. The van der Waals surface area contributed by atoms with E-state index in [9.17, 15) is 4.79 Å². The van der Waals surface area contributed by atoms with Crippen LogP contribution < -0.4 is 16.4 Å². The maximum absolute atomic E-state index is 11.6. The lowest BCUT2D eigenvalue weighted by molar-refractivity contribution is -0.122. The quantitative estimate of drug-likeness (QED) is 0.721. The van der Waals surface area contributed by atoms with Gasteiger partial charge in [-0.2, -0.15) is 0 Å². The van der Waals surface area contributed by atoms with E-state index in [1.54, 1.807) is 0 Å². The number of carbonyl (C=O) groups excluding carboxylic acids is 1. The fourth-order valence-electron chi connectivity index (χ4n) is 1.29. The van der Waals surface area contributed by atoms with Crippen LogP contribution in [0.2, 0.25) is 5.15 Å². The van der Waals surface area contributed by atoms with Gasteiger partial charge in [0.1, 0.15) is 12.0 Å². The van der Waals surface area contributed by atoms with Crippen molar-refractivity contribution in [2.24, 2.45) is 0 Å². The molecular weight excluding hydrogens is 254 g/mol. The van der Waals surface area contributed by atoms with Crippen LogP contribution in [0.25, 0.3) is 0 Å². The van der Waals surface area contributed by atoms with Gasteiger partial charge in [0.05, 0.1) is 0 Å². The van der Waals surface area contributed by atoms with Crippen molar-refractivity contribution in [3.63, 3.8) is 0 Å². The molecule has 0 saturated heterocycles. The summed E-state index contributed by atoms with van der Waals surface area (Å²) in [6.07, 6.45) is 1.65. The number of amides is 1. The zero-order chi connectivity index (χ0) is 13.8. The Balaban J connectivity index is 2.43. The Bertz CT molecular complexity index is 430. The molecule has 6 nitrogen and oxygen atoms in total. The largest absolute Gasteiger partial charge is 0.393 e. The highest BCUT2D eigenvalue weighted by atomic mass is 35.5. The van der Waals surface area contributed by atoms with Gasteiger partial charge in [0.15, 0.2) is 11.0 Å². The van der Waals surface area contributed by atoms with Crippen molar-refractivity contribution in [3.05, 3.63) is 11.5 Å². The molecule has 0 bridgehead atoms. The number of halogens is 1. The molecule has 0 radical (unpaired) electrons. The standard InChI is InChI=1S/C11H18ClN5O/c1-11(2,3)17-7(18)4-5-14-10-8(13)9(12)15-6-16-10/h6H,4-5,13H2,1-3H3,(H,17,18)(H,14,15,16). The highest BCUT2D eigenvalue weighted by Gasteiger charge is 2.13. The molecule has 0 atom stereocenters. The first-order valence-electron chi connectivity index (χ1n) is 5.60. The van der Waals surface area contributed by atoms with E-state index in [2.05, 4.69) is 20.6 Å². The molecule has 0 unspecified atom stereocenters. The zero-order valence-electron chi connectivity index (χ0n) is 10.7. The predicted molar refractivity (Wildman–Crippen MR) is 72.5 cm³/mol. The topological polar surface area (TPSA) is 92.9 Å². The first kappa shape index (κ1) is 14.5. The predicted octanol–water partition coefficient (Wildman–Crippen LogP) is 1.43. The molecule has 0 spiro atoms. The highest BCUT2D eigenvalue weighted by Crippen LogP contribution is 2.21. The van der Waals surface area contributed by atoms with Gasteiger partial charge in [-0.25, -0.2) is 9.97 Å². The van der Waals surface area contributed by atoms with Crippen molar-refractivity contribution in [2.45, 2.75) is 32.7 Å². The molecule has 1 amide bonds. The van der Waals surface area contributed by atoms with Crippen LogP contribution in [-0.4, -0.2) is 28.0 Å². The molecule has 1 aromatic heterocycles. The van der Waals surface area contributed by atoms with E-state index in [1.807, 2.05) is 20.8 Å². The molecule has 4 N–H and O–H groups in total. The minimum absolute atomic E-state index is 0.0336. The lowest BCUT2D eigenvalue weighted by Crippen LogP contribution is -2.41. The van der Waals surface area contributed by atoms with Crippen LogP contribution in [0.4, 0.5) is 11.5 Å². The van der Waals surface area contributed by atoms with E-state index in [0.29, 0.717) is 18.8 Å². The van der Waals surface area contributed by atoms with E-state index in [1.165, 1.54) is 6.33 Å². The summed E-state index contributed by atoms with van der Waals surface area (Å²) in [6, 6.07) is 0. The smallest absolute Gasteiger partial charge is 0.222 e.